The van der Waals surface area contributed by atoms with Gasteiger partial charge in [0.1, 0.15) is 0 Å². The molecule has 1 N–H and O–H groups in total. The van der Waals surface area contributed by atoms with Gasteiger partial charge in [0.25, 0.3) is 0 Å². The summed E-state index contributed by atoms with van der Waals surface area (Å²) < 4.78 is 0. The van der Waals surface area contributed by atoms with Crippen LogP contribution in [0.5, 0.6) is 0 Å². The first-order valence-corrected chi connectivity index (χ1v) is 11.6. The van der Waals surface area contributed by atoms with Crippen LogP contribution >= 0.6 is 22.7 Å². The zero-order valence-corrected chi connectivity index (χ0v) is 18.4. The highest BCUT2D eigenvalue weighted by Crippen LogP contribution is 2.21. The second kappa shape index (κ2) is 10.1. The maximum absolute atomic E-state index is 13.2. The van der Waals surface area contributed by atoms with E-state index in [4.69, 9.17) is 0 Å². The molecule has 0 aliphatic rings. The van der Waals surface area contributed by atoms with E-state index in [1.807, 2.05) is 83.6 Å². The molecule has 2 aromatic carbocycles. The summed E-state index contributed by atoms with van der Waals surface area (Å²) in [6.45, 7) is 0.484. The third kappa shape index (κ3) is 5.87. The molecule has 2 amide bonds. The van der Waals surface area contributed by atoms with Gasteiger partial charge in [-0.25, -0.2) is 4.98 Å². The topological polar surface area (TPSA) is 62.3 Å². The predicted molar refractivity (Wildman–Crippen MR) is 127 cm³/mol. The molecule has 0 atom stereocenters. The molecule has 4 aromatic rings. The van der Waals surface area contributed by atoms with Crippen molar-refractivity contribution in [2.75, 3.05) is 10.2 Å². The van der Waals surface area contributed by atoms with Gasteiger partial charge < -0.3 is 10.2 Å². The summed E-state index contributed by atoms with van der Waals surface area (Å²) in [5.74, 6) is -0.151. The van der Waals surface area contributed by atoms with Crippen molar-refractivity contribution in [3.63, 3.8) is 0 Å². The fraction of sp³-hybridized carbons (Fsp3) is 0.125. The summed E-state index contributed by atoms with van der Waals surface area (Å²) >= 11 is 2.88. The van der Waals surface area contributed by atoms with E-state index in [0.717, 1.165) is 16.1 Å². The van der Waals surface area contributed by atoms with E-state index in [-0.39, 0.29) is 18.2 Å². The van der Waals surface area contributed by atoms with Crippen molar-refractivity contribution in [3.8, 4) is 0 Å². The minimum Gasteiger partial charge on any atom is -0.308 e. The standard InChI is InChI=1S/C24H21N3O2S2/c28-22(15-21-12-7-13-30-21)26-24-25-19(17-31-24)14-23(29)27(20-10-5-2-6-11-20)16-18-8-3-1-4-9-18/h1-13,17H,14-16H2,(H,25,26,28). The summed E-state index contributed by atoms with van der Waals surface area (Å²) in [6.07, 6.45) is 0.489. The van der Waals surface area contributed by atoms with Crippen LogP contribution in [0.3, 0.4) is 0 Å². The predicted octanol–water partition coefficient (Wildman–Crippen LogP) is 5.16. The molecule has 0 radical (unpaired) electrons. The summed E-state index contributed by atoms with van der Waals surface area (Å²) in [4.78, 5) is 32.6. The van der Waals surface area contributed by atoms with Crippen molar-refractivity contribution in [2.24, 2.45) is 0 Å². The van der Waals surface area contributed by atoms with Crippen molar-refractivity contribution in [1.29, 1.82) is 0 Å². The number of thiazole rings is 1. The largest absolute Gasteiger partial charge is 0.308 e. The normalized spacial score (nSPS) is 10.6. The Morgan fingerprint density at radius 2 is 1.61 bits per heavy atom. The van der Waals surface area contributed by atoms with E-state index in [1.165, 1.54) is 11.3 Å². The van der Waals surface area contributed by atoms with Gasteiger partial charge in [0.05, 0.1) is 25.1 Å². The van der Waals surface area contributed by atoms with Crippen LogP contribution in [0.15, 0.2) is 83.6 Å². The lowest BCUT2D eigenvalue weighted by Crippen LogP contribution is -2.31. The minimum absolute atomic E-state index is 0.0446. The average Bonchev–Trinajstić information content (AvgIpc) is 3.45. The van der Waals surface area contributed by atoms with E-state index in [0.29, 0.717) is 23.8 Å². The molecule has 0 aliphatic carbocycles. The Morgan fingerprint density at radius 3 is 2.32 bits per heavy atom. The number of rotatable bonds is 8. The number of carbonyl (C=O) groups excluding carboxylic acids is 2. The van der Waals surface area contributed by atoms with Crippen LogP contribution in [-0.4, -0.2) is 16.8 Å². The van der Waals surface area contributed by atoms with E-state index in [9.17, 15) is 9.59 Å². The molecule has 0 fully saturated rings. The van der Waals surface area contributed by atoms with E-state index in [2.05, 4.69) is 10.3 Å². The highest BCUT2D eigenvalue weighted by Gasteiger charge is 2.18. The lowest BCUT2D eigenvalue weighted by molar-refractivity contribution is -0.118. The van der Waals surface area contributed by atoms with Gasteiger partial charge in [0.2, 0.25) is 11.8 Å². The number of anilines is 2. The molecule has 31 heavy (non-hydrogen) atoms. The zero-order valence-electron chi connectivity index (χ0n) is 16.7. The third-order valence-corrected chi connectivity index (χ3v) is 6.28. The SMILES string of the molecule is O=C(Cc1cccs1)Nc1nc(CC(=O)N(Cc2ccccc2)c2ccccc2)cs1. The highest BCUT2D eigenvalue weighted by atomic mass is 32.1. The molecular formula is C24H21N3O2S2. The molecule has 0 spiro atoms. The molecule has 5 nitrogen and oxygen atoms in total. The van der Waals surface area contributed by atoms with Crippen LogP contribution in [0.1, 0.15) is 16.1 Å². The van der Waals surface area contributed by atoms with Crippen molar-refractivity contribution >= 4 is 45.3 Å². The van der Waals surface area contributed by atoms with Gasteiger partial charge in [-0.1, -0.05) is 54.6 Å². The molecule has 2 aromatic heterocycles. The number of amides is 2. The van der Waals surface area contributed by atoms with Crippen LogP contribution in [0.2, 0.25) is 0 Å². The summed E-state index contributed by atoms with van der Waals surface area (Å²) in [6, 6.07) is 23.4. The lowest BCUT2D eigenvalue weighted by Gasteiger charge is -2.23. The van der Waals surface area contributed by atoms with Gasteiger partial charge >= 0.3 is 0 Å². The Labute approximate surface area is 189 Å². The first-order valence-electron chi connectivity index (χ1n) is 9.83. The van der Waals surface area contributed by atoms with Crippen molar-refractivity contribution in [1.82, 2.24) is 4.98 Å². The van der Waals surface area contributed by atoms with Crippen LogP contribution in [0.25, 0.3) is 0 Å². The number of carbonyl (C=O) groups is 2. The van der Waals surface area contributed by atoms with Crippen molar-refractivity contribution in [2.45, 2.75) is 19.4 Å². The minimum atomic E-state index is -0.107. The van der Waals surface area contributed by atoms with Crippen LogP contribution in [0, 0.1) is 0 Å². The molecule has 0 saturated carbocycles. The van der Waals surface area contributed by atoms with E-state index in [1.54, 1.807) is 16.2 Å². The second-order valence-electron chi connectivity index (χ2n) is 6.93. The molecule has 0 aliphatic heterocycles. The van der Waals surface area contributed by atoms with Crippen LogP contribution in [0.4, 0.5) is 10.8 Å². The third-order valence-electron chi connectivity index (χ3n) is 4.60. The second-order valence-corrected chi connectivity index (χ2v) is 8.82. The quantitative estimate of drug-likeness (QED) is 0.406. The molecule has 7 heteroatoms. The molecule has 0 saturated heterocycles. The van der Waals surface area contributed by atoms with Gasteiger partial charge in [-0.05, 0) is 29.1 Å². The number of thiophene rings is 1. The molecule has 4 rings (SSSR count). The Morgan fingerprint density at radius 1 is 0.871 bits per heavy atom. The lowest BCUT2D eigenvalue weighted by atomic mass is 10.1. The Bertz CT molecular complexity index is 1130. The first-order chi connectivity index (χ1) is 15.2. The molecule has 156 valence electrons. The number of nitrogens with zero attached hydrogens (tertiary/aromatic N) is 2. The number of para-hydroxylation sites is 1. The monoisotopic (exact) mass is 447 g/mol. The Hall–Kier alpha value is -3.29. The fourth-order valence-electron chi connectivity index (χ4n) is 3.13. The first kappa shape index (κ1) is 21.0. The molecule has 0 unspecified atom stereocenters. The summed E-state index contributed by atoms with van der Waals surface area (Å²) in [5, 5.41) is 7.11. The van der Waals surface area contributed by atoms with Gasteiger partial charge in [-0.15, -0.1) is 22.7 Å². The van der Waals surface area contributed by atoms with Crippen molar-refractivity contribution in [3.05, 3.63) is 99.7 Å². The Balaban J connectivity index is 1.43. The van der Waals surface area contributed by atoms with Gasteiger partial charge in [-0.3, -0.25) is 9.59 Å². The number of nitrogens with one attached hydrogen (secondary N) is 1. The number of hydrogen-bond acceptors (Lipinski definition) is 5. The molecular weight excluding hydrogens is 426 g/mol. The molecule has 0 bridgehead atoms. The van der Waals surface area contributed by atoms with Crippen molar-refractivity contribution < 1.29 is 9.59 Å². The van der Waals surface area contributed by atoms with Gasteiger partial charge in [0.15, 0.2) is 5.13 Å². The fourth-order valence-corrected chi connectivity index (χ4v) is 4.56. The van der Waals surface area contributed by atoms with Crippen LogP contribution in [-0.2, 0) is 29.0 Å². The maximum Gasteiger partial charge on any atom is 0.233 e. The van der Waals surface area contributed by atoms with E-state index >= 15 is 0 Å². The average molecular weight is 448 g/mol. The smallest absolute Gasteiger partial charge is 0.233 e. The Kier molecular flexibility index (Phi) is 6.86. The maximum atomic E-state index is 13.2. The molecule has 2 heterocycles. The number of benzene rings is 2. The summed E-state index contributed by atoms with van der Waals surface area (Å²) in [5.41, 5.74) is 2.55. The van der Waals surface area contributed by atoms with E-state index < -0.39 is 0 Å². The van der Waals surface area contributed by atoms with Gasteiger partial charge in [0, 0.05) is 15.9 Å². The highest BCUT2D eigenvalue weighted by molar-refractivity contribution is 7.14. The number of hydrogen-bond donors (Lipinski definition) is 1. The van der Waals surface area contributed by atoms with Gasteiger partial charge in [-0.2, -0.15) is 0 Å². The van der Waals surface area contributed by atoms with Crippen LogP contribution < -0.4 is 10.2 Å². The number of aromatic nitrogens is 1. The summed E-state index contributed by atoms with van der Waals surface area (Å²) in [7, 11) is 0. The zero-order chi connectivity index (χ0) is 21.5.